The van der Waals surface area contributed by atoms with Crippen LogP contribution in [0.3, 0.4) is 0 Å². The van der Waals surface area contributed by atoms with Crippen molar-refractivity contribution >= 4 is 28.6 Å². The molecule has 10 nitrogen and oxygen atoms in total. The first-order valence-electron chi connectivity index (χ1n) is 10.9. The molecule has 5 rings (SSSR count). The van der Waals surface area contributed by atoms with Gasteiger partial charge in [-0.25, -0.2) is 4.98 Å². The Labute approximate surface area is 191 Å². The van der Waals surface area contributed by atoms with E-state index in [0.717, 1.165) is 30.1 Å². The second-order valence-corrected chi connectivity index (χ2v) is 7.57. The van der Waals surface area contributed by atoms with Crippen LogP contribution in [0.15, 0.2) is 48.7 Å². The van der Waals surface area contributed by atoms with Gasteiger partial charge in [-0.3, -0.25) is 0 Å². The Bertz CT molecular complexity index is 1190. The average molecular weight is 447 g/mol. The molecule has 1 fully saturated rings. The van der Waals surface area contributed by atoms with Gasteiger partial charge in [-0.05, 0) is 25.1 Å². The highest BCUT2D eigenvalue weighted by Crippen LogP contribution is 2.27. The molecule has 0 unspecified atom stereocenters. The number of pyridine rings is 1. The fourth-order valence-electron chi connectivity index (χ4n) is 3.48. The van der Waals surface area contributed by atoms with Crippen LogP contribution in [0.5, 0.6) is 11.9 Å². The number of hydrogen-bond acceptors (Lipinski definition) is 9. The van der Waals surface area contributed by atoms with E-state index < -0.39 is 0 Å². The lowest BCUT2D eigenvalue weighted by Gasteiger charge is -2.28. The van der Waals surface area contributed by atoms with Crippen molar-refractivity contribution in [3.05, 3.63) is 54.2 Å². The van der Waals surface area contributed by atoms with Crippen LogP contribution in [0.1, 0.15) is 5.56 Å². The number of ether oxygens (including phenoxy) is 3. The van der Waals surface area contributed by atoms with Crippen LogP contribution in [-0.4, -0.2) is 64.4 Å². The maximum atomic E-state index is 5.80. The Balaban J connectivity index is 1.36. The number of rotatable bonds is 8. The van der Waals surface area contributed by atoms with Crippen molar-refractivity contribution in [1.29, 1.82) is 0 Å². The van der Waals surface area contributed by atoms with Crippen molar-refractivity contribution in [2.24, 2.45) is 0 Å². The van der Waals surface area contributed by atoms with Gasteiger partial charge in [-0.1, -0.05) is 23.8 Å². The zero-order valence-electron chi connectivity index (χ0n) is 18.3. The number of aromatic nitrogens is 5. The highest BCUT2D eigenvalue weighted by molar-refractivity contribution is 5.86. The summed E-state index contributed by atoms with van der Waals surface area (Å²) in [7, 11) is 0. The molecule has 0 saturated carbocycles. The van der Waals surface area contributed by atoms with Gasteiger partial charge in [0.25, 0.3) is 0 Å². The number of aryl methyl sites for hydroxylation is 1. The molecule has 2 N–H and O–H groups in total. The fourth-order valence-corrected chi connectivity index (χ4v) is 3.48. The third kappa shape index (κ3) is 5.12. The maximum absolute atomic E-state index is 5.80. The first kappa shape index (κ1) is 21.0. The van der Waals surface area contributed by atoms with Gasteiger partial charge in [0.05, 0.1) is 13.2 Å². The molecule has 1 saturated heterocycles. The molecule has 0 bridgehead atoms. The maximum Gasteiger partial charge on any atom is 0.320 e. The summed E-state index contributed by atoms with van der Waals surface area (Å²) in [5.41, 5.74) is 3.41. The zero-order valence-corrected chi connectivity index (χ0v) is 18.3. The minimum absolute atomic E-state index is 0.252. The molecule has 0 amide bonds. The van der Waals surface area contributed by atoms with Crippen LogP contribution in [0, 0.1) is 6.92 Å². The number of anilines is 3. The van der Waals surface area contributed by atoms with E-state index >= 15 is 0 Å². The molecule has 1 aliphatic rings. The summed E-state index contributed by atoms with van der Waals surface area (Å²) in [6.45, 7) is 5.40. The monoisotopic (exact) mass is 447 g/mol. The third-order valence-electron chi connectivity index (χ3n) is 5.14. The van der Waals surface area contributed by atoms with Gasteiger partial charge in [-0.15, -0.1) is 0 Å². The number of nitrogens with zero attached hydrogens (tertiary/aromatic N) is 5. The smallest absolute Gasteiger partial charge is 0.320 e. The van der Waals surface area contributed by atoms with Crippen LogP contribution in [0.2, 0.25) is 0 Å². The van der Waals surface area contributed by atoms with Crippen LogP contribution in [-0.2, 0) is 4.74 Å². The molecule has 1 aromatic carbocycles. The van der Waals surface area contributed by atoms with E-state index in [1.807, 2.05) is 36.4 Å². The standard InChI is InChI=1S/C23H25N7O3/c1-16-5-7-17(8-6-16)25-22-26-19-20(27-22)28-23(29-21(19)30-10-12-31-13-11-30)33-15-14-32-18-4-2-3-9-24-18/h2-9H,10-15H2,1H3,(H2,25,26,27,28,29). The number of fused-ring (bicyclic) bond motifs is 1. The lowest BCUT2D eigenvalue weighted by molar-refractivity contribution is 0.122. The molecular formula is C23H25N7O3. The lowest BCUT2D eigenvalue weighted by Crippen LogP contribution is -2.37. The molecule has 10 heteroatoms. The molecular weight excluding hydrogens is 422 g/mol. The second-order valence-electron chi connectivity index (χ2n) is 7.57. The predicted octanol–water partition coefficient (Wildman–Crippen LogP) is 3.09. The summed E-state index contributed by atoms with van der Waals surface area (Å²) in [5, 5.41) is 3.30. The summed E-state index contributed by atoms with van der Waals surface area (Å²) in [4.78, 5) is 23.4. The SMILES string of the molecule is Cc1ccc(Nc2nc3nc(OCCOc4ccccn4)nc(N4CCOCC4)c3[nH]2)cc1. The van der Waals surface area contributed by atoms with Crippen LogP contribution in [0.25, 0.3) is 11.2 Å². The lowest BCUT2D eigenvalue weighted by atomic mass is 10.2. The minimum atomic E-state index is 0.252. The number of H-pyrrole nitrogens is 1. The first-order chi connectivity index (χ1) is 16.2. The Hall–Kier alpha value is -3.92. The molecule has 3 aromatic heterocycles. The van der Waals surface area contributed by atoms with Crippen LogP contribution < -0.4 is 19.7 Å². The van der Waals surface area contributed by atoms with Crippen molar-refractivity contribution in [2.75, 3.05) is 49.7 Å². The van der Waals surface area contributed by atoms with Crippen LogP contribution >= 0.6 is 0 Å². The average Bonchev–Trinajstić information content (AvgIpc) is 3.26. The highest BCUT2D eigenvalue weighted by Gasteiger charge is 2.21. The van der Waals surface area contributed by atoms with E-state index in [0.29, 0.717) is 37.3 Å². The van der Waals surface area contributed by atoms with Gasteiger partial charge >= 0.3 is 6.01 Å². The van der Waals surface area contributed by atoms with Gasteiger partial charge in [0.2, 0.25) is 11.8 Å². The Morgan fingerprint density at radius 2 is 1.82 bits per heavy atom. The predicted molar refractivity (Wildman–Crippen MR) is 124 cm³/mol. The van der Waals surface area contributed by atoms with Gasteiger partial charge < -0.3 is 29.4 Å². The van der Waals surface area contributed by atoms with Gasteiger partial charge in [0.1, 0.15) is 18.7 Å². The quantitative estimate of drug-likeness (QED) is 0.394. The summed E-state index contributed by atoms with van der Waals surface area (Å²) in [5.74, 6) is 1.88. The Morgan fingerprint density at radius 1 is 1.00 bits per heavy atom. The summed E-state index contributed by atoms with van der Waals surface area (Å²) < 4.78 is 16.9. The minimum Gasteiger partial charge on any atom is -0.474 e. The number of imidazole rings is 1. The molecule has 33 heavy (non-hydrogen) atoms. The first-order valence-corrected chi connectivity index (χ1v) is 10.9. The van der Waals surface area contributed by atoms with E-state index in [1.165, 1.54) is 5.56 Å². The largest absolute Gasteiger partial charge is 0.474 e. The van der Waals surface area contributed by atoms with E-state index in [9.17, 15) is 0 Å². The Morgan fingerprint density at radius 3 is 2.61 bits per heavy atom. The summed E-state index contributed by atoms with van der Waals surface area (Å²) in [6, 6.07) is 13.9. The fraction of sp³-hybridized carbons (Fsp3) is 0.304. The van der Waals surface area contributed by atoms with Crippen molar-refractivity contribution in [3.63, 3.8) is 0 Å². The summed E-state index contributed by atoms with van der Waals surface area (Å²) in [6.07, 6.45) is 1.68. The summed E-state index contributed by atoms with van der Waals surface area (Å²) >= 11 is 0. The Kier molecular flexibility index (Phi) is 6.16. The van der Waals surface area contributed by atoms with Gasteiger partial charge in [0.15, 0.2) is 11.5 Å². The second kappa shape index (κ2) is 9.70. The molecule has 4 heterocycles. The molecule has 0 atom stereocenters. The van der Waals surface area contributed by atoms with Crippen molar-refractivity contribution in [3.8, 4) is 11.9 Å². The van der Waals surface area contributed by atoms with E-state index in [2.05, 4.69) is 42.1 Å². The molecule has 0 radical (unpaired) electrons. The van der Waals surface area contributed by atoms with Crippen LogP contribution in [0.4, 0.5) is 17.5 Å². The molecule has 0 spiro atoms. The normalized spacial score (nSPS) is 13.8. The van der Waals surface area contributed by atoms with E-state index in [4.69, 9.17) is 14.2 Å². The molecule has 170 valence electrons. The molecule has 1 aliphatic heterocycles. The number of benzene rings is 1. The number of morpholine rings is 1. The van der Waals surface area contributed by atoms with E-state index in [1.54, 1.807) is 12.3 Å². The van der Waals surface area contributed by atoms with Crippen molar-refractivity contribution < 1.29 is 14.2 Å². The van der Waals surface area contributed by atoms with Gasteiger partial charge in [0, 0.05) is 31.0 Å². The number of hydrogen-bond donors (Lipinski definition) is 2. The van der Waals surface area contributed by atoms with E-state index in [-0.39, 0.29) is 12.6 Å². The van der Waals surface area contributed by atoms with Crippen molar-refractivity contribution in [2.45, 2.75) is 6.92 Å². The number of nitrogens with one attached hydrogen (secondary N) is 2. The molecule has 4 aromatic rings. The number of aromatic amines is 1. The zero-order chi connectivity index (χ0) is 22.5. The van der Waals surface area contributed by atoms with Crippen molar-refractivity contribution in [1.82, 2.24) is 24.9 Å². The topological polar surface area (TPSA) is 110 Å². The van der Waals surface area contributed by atoms with Gasteiger partial charge in [-0.2, -0.15) is 15.0 Å². The molecule has 0 aliphatic carbocycles. The highest BCUT2D eigenvalue weighted by atomic mass is 16.5. The third-order valence-corrected chi connectivity index (χ3v) is 5.14.